The van der Waals surface area contributed by atoms with Crippen LogP contribution in [0.15, 0.2) is 11.6 Å². The first-order valence-electron chi connectivity index (χ1n) is 9.28. The summed E-state index contributed by atoms with van der Waals surface area (Å²) in [7, 11) is -3.62. The zero-order valence-electron chi connectivity index (χ0n) is 16.5. The smallest absolute Gasteiger partial charge is 0.328 e. The van der Waals surface area contributed by atoms with Crippen molar-refractivity contribution < 1.29 is 17.9 Å². The average molecular weight is 372 g/mol. The van der Waals surface area contributed by atoms with Crippen LogP contribution in [0.25, 0.3) is 0 Å². The maximum atomic E-state index is 13.0. The van der Waals surface area contributed by atoms with Gasteiger partial charge in [-0.15, -0.1) is 0 Å². The summed E-state index contributed by atoms with van der Waals surface area (Å²) >= 11 is 0. The molecule has 0 spiro atoms. The van der Waals surface area contributed by atoms with Crippen LogP contribution in [0.4, 0.5) is 0 Å². The van der Waals surface area contributed by atoms with Crippen LogP contribution < -0.4 is 0 Å². The normalized spacial score (nSPS) is 24.2. The third-order valence-corrected chi connectivity index (χ3v) is 7.40. The summed E-state index contributed by atoms with van der Waals surface area (Å²) < 4.78 is 32.0. The summed E-state index contributed by atoms with van der Waals surface area (Å²) in [4.78, 5) is 12.7. The average Bonchev–Trinajstić information content (AvgIpc) is 2.91. The number of sulfonamides is 1. The van der Waals surface area contributed by atoms with Crippen LogP contribution in [0.3, 0.4) is 0 Å². The van der Waals surface area contributed by atoms with E-state index in [9.17, 15) is 13.2 Å². The number of carbonyl (C=O) groups excluding carboxylic acids is 1. The van der Waals surface area contributed by atoms with Gasteiger partial charge in [0, 0.05) is 6.54 Å². The molecule has 0 bridgehead atoms. The molecule has 2 aliphatic rings. The quantitative estimate of drug-likeness (QED) is 0.561. The molecule has 1 saturated carbocycles. The molecular weight excluding hydrogens is 338 g/mol. The monoisotopic (exact) mass is 371 g/mol. The third-order valence-electron chi connectivity index (χ3n) is 4.88. The predicted molar refractivity (Wildman–Crippen MR) is 99.7 cm³/mol. The zero-order valence-corrected chi connectivity index (χ0v) is 17.3. The maximum absolute atomic E-state index is 13.0. The molecule has 0 aromatic rings. The molecule has 2 rings (SSSR count). The second kappa shape index (κ2) is 7.03. The van der Waals surface area contributed by atoms with Crippen LogP contribution in [0.2, 0.25) is 0 Å². The van der Waals surface area contributed by atoms with Crippen molar-refractivity contribution in [2.24, 2.45) is 5.92 Å². The van der Waals surface area contributed by atoms with Crippen LogP contribution in [-0.2, 0) is 19.6 Å². The molecule has 1 fully saturated rings. The lowest BCUT2D eigenvalue weighted by atomic mass is 9.84. The fraction of sp³-hybridized carbons (Fsp3) is 0.842. The number of hydrogen-bond acceptors (Lipinski definition) is 4. The Labute approximate surface area is 152 Å². The molecular formula is C19H33NO4S. The van der Waals surface area contributed by atoms with E-state index in [1.165, 1.54) is 23.6 Å². The molecule has 1 aliphatic heterocycles. The Morgan fingerprint density at radius 3 is 2.12 bits per heavy atom. The van der Waals surface area contributed by atoms with Crippen LogP contribution >= 0.6 is 0 Å². The van der Waals surface area contributed by atoms with Crippen molar-refractivity contribution in [3.8, 4) is 0 Å². The Morgan fingerprint density at radius 1 is 1.08 bits per heavy atom. The largest absolute Gasteiger partial charge is 0.459 e. The molecule has 0 unspecified atom stereocenters. The summed E-state index contributed by atoms with van der Waals surface area (Å²) in [5.74, 6) is -0.0926. The SMILES string of the molecule is CC(C)(C)OC(=O)[C@@H]1C=C(C2CCCCC2)CN1S(=O)(=O)C(C)(C)C. The van der Waals surface area contributed by atoms with E-state index in [0.717, 1.165) is 18.4 Å². The van der Waals surface area contributed by atoms with Gasteiger partial charge in [-0.05, 0) is 60.3 Å². The van der Waals surface area contributed by atoms with Gasteiger partial charge in [0.25, 0.3) is 0 Å². The number of esters is 1. The van der Waals surface area contributed by atoms with Gasteiger partial charge in [0.15, 0.2) is 0 Å². The van der Waals surface area contributed by atoms with E-state index in [4.69, 9.17) is 4.74 Å². The van der Waals surface area contributed by atoms with E-state index in [1.807, 2.05) is 6.08 Å². The lowest BCUT2D eigenvalue weighted by Gasteiger charge is -2.32. The fourth-order valence-electron chi connectivity index (χ4n) is 3.49. The Bertz CT molecular complexity index is 631. The summed E-state index contributed by atoms with van der Waals surface area (Å²) in [6, 6.07) is -0.847. The summed E-state index contributed by atoms with van der Waals surface area (Å²) in [5, 5.41) is 0. The number of rotatable bonds is 3. The zero-order chi connectivity index (χ0) is 19.0. The third kappa shape index (κ3) is 4.64. The molecule has 1 atom stereocenters. The van der Waals surface area contributed by atoms with Crippen LogP contribution in [0, 0.1) is 5.92 Å². The van der Waals surface area contributed by atoms with E-state index < -0.39 is 32.4 Å². The lowest BCUT2D eigenvalue weighted by Crippen LogP contribution is -2.49. The predicted octanol–water partition coefficient (Wildman–Crippen LogP) is 3.65. The number of hydrogen-bond donors (Lipinski definition) is 0. The highest BCUT2D eigenvalue weighted by Crippen LogP contribution is 2.37. The Hall–Kier alpha value is -0.880. The Kier molecular flexibility index (Phi) is 5.74. The minimum Gasteiger partial charge on any atom is -0.459 e. The number of carbonyl (C=O) groups is 1. The summed E-state index contributed by atoms with van der Waals surface area (Å²) in [6.45, 7) is 10.7. The fourth-order valence-corrected chi connectivity index (χ4v) is 4.96. The van der Waals surface area contributed by atoms with Gasteiger partial charge in [-0.25, -0.2) is 13.2 Å². The molecule has 0 aromatic carbocycles. The van der Waals surface area contributed by atoms with E-state index >= 15 is 0 Å². The molecule has 0 N–H and O–H groups in total. The summed E-state index contributed by atoms with van der Waals surface area (Å²) in [5.41, 5.74) is 0.443. The Morgan fingerprint density at radius 2 is 1.64 bits per heavy atom. The van der Waals surface area contributed by atoms with Crippen molar-refractivity contribution in [3.05, 3.63) is 11.6 Å². The number of ether oxygens (including phenoxy) is 1. The standard InChI is InChI=1S/C19H33NO4S/c1-18(2,3)24-17(21)16-12-15(14-10-8-7-9-11-14)13-20(16)25(22,23)19(4,5)6/h12,14,16H,7-11,13H2,1-6H3/t16-/m0/s1. The van der Waals surface area contributed by atoms with E-state index in [1.54, 1.807) is 41.5 Å². The molecule has 0 saturated heterocycles. The molecule has 0 radical (unpaired) electrons. The van der Waals surface area contributed by atoms with Crippen molar-refractivity contribution in [2.45, 2.75) is 90.0 Å². The molecule has 25 heavy (non-hydrogen) atoms. The van der Waals surface area contributed by atoms with E-state index in [2.05, 4.69) is 0 Å². The van der Waals surface area contributed by atoms with E-state index in [-0.39, 0.29) is 0 Å². The van der Waals surface area contributed by atoms with Gasteiger partial charge in [0.1, 0.15) is 11.6 Å². The van der Waals surface area contributed by atoms with Crippen molar-refractivity contribution in [1.82, 2.24) is 4.31 Å². The van der Waals surface area contributed by atoms with Crippen molar-refractivity contribution in [3.63, 3.8) is 0 Å². The van der Waals surface area contributed by atoms with Crippen molar-refractivity contribution >= 4 is 16.0 Å². The highest BCUT2D eigenvalue weighted by atomic mass is 32.2. The topological polar surface area (TPSA) is 63.7 Å². The highest BCUT2D eigenvalue weighted by molar-refractivity contribution is 7.90. The van der Waals surface area contributed by atoms with E-state index in [0.29, 0.717) is 12.5 Å². The van der Waals surface area contributed by atoms with Gasteiger partial charge in [0.2, 0.25) is 10.0 Å². The van der Waals surface area contributed by atoms with Crippen LogP contribution in [0.1, 0.15) is 73.6 Å². The Balaban J connectivity index is 2.33. The molecule has 0 aromatic heterocycles. The first kappa shape index (κ1) is 20.4. The minimum atomic E-state index is -3.62. The molecule has 1 aliphatic carbocycles. The molecule has 6 heteroatoms. The van der Waals surface area contributed by atoms with Crippen LogP contribution in [-0.4, -0.2) is 41.6 Å². The van der Waals surface area contributed by atoms with Gasteiger partial charge in [-0.2, -0.15) is 4.31 Å². The summed E-state index contributed by atoms with van der Waals surface area (Å²) in [6.07, 6.45) is 7.60. The molecule has 5 nitrogen and oxygen atoms in total. The van der Waals surface area contributed by atoms with Gasteiger partial charge < -0.3 is 4.74 Å². The minimum absolute atomic E-state index is 0.314. The second-order valence-corrected chi connectivity index (χ2v) is 11.9. The molecule has 0 amide bonds. The highest BCUT2D eigenvalue weighted by Gasteiger charge is 2.46. The first-order valence-corrected chi connectivity index (χ1v) is 10.7. The maximum Gasteiger partial charge on any atom is 0.328 e. The molecule has 1 heterocycles. The van der Waals surface area contributed by atoms with Gasteiger partial charge >= 0.3 is 5.97 Å². The first-order chi connectivity index (χ1) is 11.3. The van der Waals surface area contributed by atoms with Gasteiger partial charge in [0.05, 0.1) is 4.75 Å². The second-order valence-electron chi connectivity index (χ2n) is 9.22. The van der Waals surface area contributed by atoms with Gasteiger partial charge in [-0.3, -0.25) is 0 Å². The lowest BCUT2D eigenvalue weighted by molar-refractivity contribution is -0.157. The number of nitrogens with zero attached hydrogens (tertiary/aromatic N) is 1. The van der Waals surface area contributed by atoms with Crippen molar-refractivity contribution in [1.29, 1.82) is 0 Å². The van der Waals surface area contributed by atoms with Crippen LogP contribution in [0.5, 0.6) is 0 Å². The van der Waals surface area contributed by atoms with Crippen molar-refractivity contribution in [2.75, 3.05) is 6.54 Å². The molecule has 144 valence electrons. The van der Waals surface area contributed by atoms with Gasteiger partial charge in [-0.1, -0.05) is 30.9 Å².